The van der Waals surface area contributed by atoms with Crippen LogP contribution in [-0.2, 0) is 4.79 Å². The molecule has 0 aromatic heterocycles. The van der Waals surface area contributed by atoms with Crippen molar-refractivity contribution in [3.05, 3.63) is 24.3 Å². The van der Waals surface area contributed by atoms with Gasteiger partial charge in [-0.1, -0.05) is 0 Å². The summed E-state index contributed by atoms with van der Waals surface area (Å²) in [4.78, 5) is 11.9. The second-order valence-electron chi connectivity index (χ2n) is 4.74. The van der Waals surface area contributed by atoms with Gasteiger partial charge >= 0.3 is 6.36 Å². The molecule has 0 heterocycles. The molecule has 1 aliphatic carbocycles. The minimum atomic E-state index is -4.75. The topological polar surface area (TPSA) is 38.3 Å². The van der Waals surface area contributed by atoms with Crippen molar-refractivity contribution in [1.82, 2.24) is 0 Å². The van der Waals surface area contributed by atoms with E-state index in [4.69, 9.17) is 23.2 Å². The van der Waals surface area contributed by atoms with Gasteiger partial charge in [0.05, 0.1) is 5.41 Å². The number of nitrogens with one attached hydrogen (secondary N) is 1. The maximum atomic E-state index is 12.0. The molecule has 1 amide bonds. The molecule has 1 aliphatic rings. The Morgan fingerprint density at radius 3 is 2.20 bits per heavy atom. The molecule has 1 aromatic carbocycles. The van der Waals surface area contributed by atoms with Crippen LogP contribution in [0, 0.1) is 5.41 Å². The maximum Gasteiger partial charge on any atom is 0.573 e. The monoisotopic (exact) mass is 327 g/mol. The fourth-order valence-corrected chi connectivity index (χ4v) is 2.36. The van der Waals surface area contributed by atoms with Crippen LogP contribution in [0.3, 0.4) is 0 Å². The predicted molar refractivity (Wildman–Crippen MR) is 68.9 cm³/mol. The number of halogens is 5. The normalized spacial score (nSPS) is 24.1. The van der Waals surface area contributed by atoms with Crippen molar-refractivity contribution in [3.63, 3.8) is 0 Å². The Hall–Kier alpha value is -1.14. The van der Waals surface area contributed by atoms with Gasteiger partial charge in [-0.25, -0.2) is 0 Å². The van der Waals surface area contributed by atoms with E-state index in [1.165, 1.54) is 12.1 Å². The van der Waals surface area contributed by atoms with Crippen molar-refractivity contribution in [3.8, 4) is 5.75 Å². The number of ether oxygens (including phenoxy) is 1. The van der Waals surface area contributed by atoms with Gasteiger partial charge in [-0.2, -0.15) is 0 Å². The Balaban J connectivity index is 2.00. The third kappa shape index (κ3) is 3.12. The van der Waals surface area contributed by atoms with Crippen molar-refractivity contribution in [2.75, 3.05) is 5.32 Å². The SMILES string of the molecule is CC1(C(=O)Nc2ccc(OC(F)(F)F)cc2)CC1(Cl)Cl. The minimum Gasteiger partial charge on any atom is -0.406 e. The van der Waals surface area contributed by atoms with E-state index < -0.39 is 16.1 Å². The molecule has 0 bridgehead atoms. The summed E-state index contributed by atoms with van der Waals surface area (Å²) >= 11 is 11.7. The lowest BCUT2D eigenvalue weighted by Gasteiger charge is -2.13. The van der Waals surface area contributed by atoms with E-state index in [2.05, 4.69) is 10.1 Å². The molecule has 0 saturated heterocycles. The van der Waals surface area contributed by atoms with Gasteiger partial charge in [-0.3, -0.25) is 4.79 Å². The molecule has 8 heteroatoms. The van der Waals surface area contributed by atoms with Gasteiger partial charge in [0, 0.05) is 5.69 Å². The highest BCUT2D eigenvalue weighted by Gasteiger charge is 2.67. The molecule has 3 nitrogen and oxygen atoms in total. The number of hydrogen-bond donors (Lipinski definition) is 1. The fourth-order valence-electron chi connectivity index (χ4n) is 1.66. The number of anilines is 1. The Morgan fingerprint density at radius 1 is 1.30 bits per heavy atom. The molecule has 1 atom stereocenters. The fraction of sp³-hybridized carbons (Fsp3) is 0.417. The van der Waals surface area contributed by atoms with Crippen molar-refractivity contribution in [1.29, 1.82) is 0 Å². The number of rotatable bonds is 3. The maximum absolute atomic E-state index is 12.0. The highest BCUT2D eigenvalue weighted by Crippen LogP contribution is 2.64. The molecule has 0 spiro atoms. The van der Waals surface area contributed by atoms with Crippen molar-refractivity contribution >= 4 is 34.8 Å². The van der Waals surface area contributed by atoms with E-state index in [-0.39, 0.29) is 11.7 Å². The van der Waals surface area contributed by atoms with Crippen LogP contribution in [0.25, 0.3) is 0 Å². The summed E-state index contributed by atoms with van der Waals surface area (Å²) in [6.45, 7) is 1.61. The molecule has 0 aliphatic heterocycles. The van der Waals surface area contributed by atoms with Crippen LogP contribution in [0.4, 0.5) is 18.9 Å². The molecule has 1 unspecified atom stereocenters. The van der Waals surface area contributed by atoms with Crippen LogP contribution < -0.4 is 10.1 Å². The van der Waals surface area contributed by atoms with E-state index in [1.807, 2.05) is 0 Å². The molecule has 1 aromatic rings. The van der Waals surface area contributed by atoms with Crippen LogP contribution in [0.5, 0.6) is 5.75 Å². The molecule has 0 radical (unpaired) electrons. The van der Waals surface area contributed by atoms with E-state index in [0.717, 1.165) is 12.1 Å². The van der Waals surface area contributed by atoms with Gasteiger partial charge < -0.3 is 10.1 Å². The van der Waals surface area contributed by atoms with Gasteiger partial charge in [0.15, 0.2) is 0 Å². The summed E-state index contributed by atoms with van der Waals surface area (Å²) in [6, 6.07) is 4.81. The van der Waals surface area contributed by atoms with Gasteiger partial charge in [0.1, 0.15) is 10.1 Å². The van der Waals surface area contributed by atoms with Gasteiger partial charge in [0.25, 0.3) is 0 Å². The minimum absolute atomic E-state index is 0.324. The summed E-state index contributed by atoms with van der Waals surface area (Å²) in [6.07, 6.45) is -4.42. The first-order valence-electron chi connectivity index (χ1n) is 5.59. The zero-order valence-corrected chi connectivity index (χ0v) is 11.7. The number of alkyl halides is 5. The van der Waals surface area contributed by atoms with E-state index in [0.29, 0.717) is 12.1 Å². The van der Waals surface area contributed by atoms with E-state index >= 15 is 0 Å². The number of amides is 1. The molecule has 1 saturated carbocycles. The van der Waals surface area contributed by atoms with E-state index in [9.17, 15) is 18.0 Å². The summed E-state index contributed by atoms with van der Waals surface area (Å²) in [5.41, 5.74) is -0.557. The Labute approximate surface area is 123 Å². The molecular formula is C12H10Cl2F3NO2. The lowest BCUT2D eigenvalue weighted by molar-refractivity contribution is -0.274. The first-order chi connectivity index (χ1) is 9.03. The van der Waals surface area contributed by atoms with Crippen LogP contribution in [0.1, 0.15) is 13.3 Å². The van der Waals surface area contributed by atoms with Gasteiger partial charge in [0.2, 0.25) is 5.91 Å². The largest absolute Gasteiger partial charge is 0.573 e. The van der Waals surface area contributed by atoms with Gasteiger partial charge in [-0.15, -0.1) is 36.4 Å². The summed E-state index contributed by atoms with van der Waals surface area (Å²) in [5.74, 6) is -0.746. The zero-order chi connectivity index (χ0) is 15.2. The number of carbonyl (C=O) groups is 1. The molecule has 1 fully saturated rings. The second kappa shape index (κ2) is 4.70. The summed E-state index contributed by atoms with van der Waals surface area (Å²) < 4.78 is 38.6. The van der Waals surface area contributed by atoms with Crippen LogP contribution in [0.15, 0.2) is 24.3 Å². The van der Waals surface area contributed by atoms with Crippen LogP contribution in [-0.4, -0.2) is 16.6 Å². The Bertz CT molecular complexity index is 530. The quantitative estimate of drug-likeness (QED) is 0.848. The Kier molecular flexibility index (Phi) is 3.59. The smallest absolute Gasteiger partial charge is 0.406 e. The average molecular weight is 328 g/mol. The van der Waals surface area contributed by atoms with Crippen LogP contribution in [0.2, 0.25) is 0 Å². The predicted octanol–water partition coefficient (Wildman–Crippen LogP) is 4.11. The zero-order valence-electron chi connectivity index (χ0n) is 10.2. The first kappa shape index (κ1) is 15.3. The second-order valence-corrected chi connectivity index (χ2v) is 6.22. The third-order valence-electron chi connectivity index (χ3n) is 3.10. The summed E-state index contributed by atoms with van der Waals surface area (Å²) in [5, 5.41) is 2.55. The Morgan fingerprint density at radius 2 is 1.80 bits per heavy atom. The number of carbonyl (C=O) groups excluding carboxylic acids is 1. The van der Waals surface area contributed by atoms with Crippen LogP contribution >= 0.6 is 23.2 Å². The summed E-state index contributed by atoms with van der Waals surface area (Å²) in [7, 11) is 0. The lowest BCUT2D eigenvalue weighted by atomic mass is 10.1. The number of hydrogen-bond acceptors (Lipinski definition) is 2. The molecular weight excluding hydrogens is 318 g/mol. The average Bonchev–Trinajstić information content (AvgIpc) is 2.80. The van der Waals surface area contributed by atoms with Gasteiger partial charge in [-0.05, 0) is 37.6 Å². The highest BCUT2D eigenvalue weighted by molar-refractivity contribution is 6.53. The highest BCUT2D eigenvalue weighted by atomic mass is 35.5. The van der Waals surface area contributed by atoms with Crippen molar-refractivity contribution in [2.45, 2.75) is 24.0 Å². The molecule has 2 rings (SSSR count). The van der Waals surface area contributed by atoms with Crippen molar-refractivity contribution < 1.29 is 22.7 Å². The standard InChI is InChI=1S/C12H10Cl2F3NO2/c1-10(6-11(10,13)14)9(19)18-7-2-4-8(5-3-7)20-12(15,16)17/h2-5H,6H2,1H3,(H,18,19). The van der Waals surface area contributed by atoms with E-state index in [1.54, 1.807) is 6.92 Å². The third-order valence-corrected chi connectivity index (χ3v) is 4.21. The van der Waals surface area contributed by atoms with Crippen molar-refractivity contribution in [2.24, 2.45) is 5.41 Å². The number of benzene rings is 1. The molecule has 110 valence electrons. The lowest BCUT2D eigenvalue weighted by Crippen LogP contribution is -2.25. The molecule has 20 heavy (non-hydrogen) atoms. The first-order valence-corrected chi connectivity index (χ1v) is 6.34. The molecule has 1 N–H and O–H groups in total.